The summed E-state index contributed by atoms with van der Waals surface area (Å²) in [5.41, 5.74) is 10.2. The lowest BCUT2D eigenvalue weighted by molar-refractivity contribution is -0.119. The number of piperidine rings is 1. The Labute approximate surface area is 213 Å². The Balaban J connectivity index is 1.38. The van der Waals surface area contributed by atoms with Crippen LogP contribution in [0.15, 0.2) is 55.1 Å². The van der Waals surface area contributed by atoms with Gasteiger partial charge in [-0.1, -0.05) is 0 Å². The predicted molar refractivity (Wildman–Crippen MR) is 138 cm³/mol. The van der Waals surface area contributed by atoms with Crippen molar-refractivity contribution in [3.05, 3.63) is 60.7 Å². The summed E-state index contributed by atoms with van der Waals surface area (Å²) in [4.78, 5) is 44.7. The van der Waals surface area contributed by atoms with Crippen molar-refractivity contribution in [1.29, 1.82) is 0 Å². The number of pyridine rings is 3. The van der Waals surface area contributed by atoms with Crippen LogP contribution >= 0.6 is 0 Å². The summed E-state index contributed by atoms with van der Waals surface area (Å²) in [5, 5.41) is 4.23. The van der Waals surface area contributed by atoms with Gasteiger partial charge in [-0.15, -0.1) is 0 Å². The van der Waals surface area contributed by atoms with E-state index in [1.54, 1.807) is 29.0 Å². The summed E-state index contributed by atoms with van der Waals surface area (Å²) < 4.78 is 1.70. The van der Waals surface area contributed by atoms with Crippen LogP contribution in [0.4, 0.5) is 10.5 Å². The number of hydrogen-bond donors (Lipinski definition) is 1. The van der Waals surface area contributed by atoms with Crippen LogP contribution in [0, 0.1) is 0 Å². The minimum atomic E-state index is -0.335. The van der Waals surface area contributed by atoms with E-state index in [1.165, 1.54) is 0 Å². The molecule has 0 radical (unpaired) electrons. The Morgan fingerprint density at radius 1 is 1.11 bits per heavy atom. The van der Waals surface area contributed by atoms with Crippen molar-refractivity contribution in [3.63, 3.8) is 0 Å². The normalized spacial score (nSPS) is 16.8. The van der Waals surface area contributed by atoms with Gasteiger partial charge in [-0.05, 0) is 43.2 Å². The largest absolute Gasteiger partial charge is 0.369 e. The average molecular weight is 498 g/mol. The number of fused-ring (bicyclic) bond motifs is 3. The summed E-state index contributed by atoms with van der Waals surface area (Å²) in [6.07, 6.45) is 8.66. The predicted octanol–water partition coefficient (Wildman–Crippen LogP) is 2.20. The number of nitrogens with zero attached hydrogens (tertiary/aromatic N) is 8. The zero-order chi connectivity index (χ0) is 25.5. The van der Waals surface area contributed by atoms with Gasteiger partial charge in [0, 0.05) is 62.1 Å². The summed E-state index contributed by atoms with van der Waals surface area (Å²) in [6, 6.07) is 9.52. The lowest BCUT2D eigenvalue weighted by atomic mass is 9.99. The highest BCUT2D eigenvalue weighted by molar-refractivity contribution is 6.04. The van der Waals surface area contributed by atoms with Crippen molar-refractivity contribution < 1.29 is 9.59 Å². The van der Waals surface area contributed by atoms with Crippen molar-refractivity contribution in [3.8, 4) is 17.1 Å². The number of anilines is 1. The number of urea groups is 1. The molecule has 4 aromatic heterocycles. The second kappa shape index (κ2) is 9.25. The standard InChI is InChI=1S/C26H27N9O2/c1-32-15-18-14-28-21-5-4-20(17-3-6-23(29-13-17)34-10-2-9-30-34)31-24(21)25(18)35(26(32)37)19-7-11-33(12-8-19)16-22(27)36/h2-6,9-10,13-14,19H,7-8,11-12,15-16H2,1H3,(H2,27,36). The molecule has 2 N–H and O–H groups in total. The topological polar surface area (TPSA) is 126 Å². The van der Waals surface area contributed by atoms with E-state index in [1.807, 2.05) is 52.5 Å². The molecule has 0 spiro atoms. The number of rotatable bonds is 5. The smallest absolute Gasteiger partial charge is 0.324 e. The van der Waals surface area contributed by atoms with Crippen molar-refractivity contribution in [2.75, 3.05) is 31.6 Å². The van der Waals surface area contributed by atoms with E-state index in [-0.39, 0.29) is 24.5 Å². The van der Waals surface area contributed by atoms with Gasteiger partial charge in [-0.2, -0.15) is 5.10 Å². The molecule has 1 fully saturated rings. The van der Waals surface area contributed by atoms with Crippen LogP contribution in [-0.4, -0.2) is 79.2 Å². The van der Waals surface area contributed by atoms with Gasteiger partial charge in [0.15, 0.2) is 5.82 Å². The molecule has 11 heteroatoms. The van der Waals surface area contributed by atoms with Crippen molar-refractivity contribution in [1.82, 2.24) is 34.5 Å². The molecule has 3 amide bonds. The van der Waals surface area contributed by atoms with Gasteiger partial charge in [0.25, 0.3) is 0 Å². The van der Waals surface area contributed by atoms with E-state index in [4.69, 9.17) is 10.7 Å². The van der Waals surface area contributed by atoms with E-state index in [0.717, 1.165) is 46.7 Å². The monoisotopic (exact) mass is 497 g/mol. The van der Waals surface area contributed by atoms with Crippen LogP contribution in [0.5, 0.6) is 0 Å². The first-order valence-corrected chi connectivity index (χ1v) is 12.3. The fraction of sp³-hybridized carbons (Fsp3) is 0.308. The zero-order valence-corrected chi connectivity index (χ0v) is 20.5. The second-order valence-electron chi connectivity index (χ2n) is 9.53. The van der Waals surface area contributed by atoms with Crippen LogP contribution in [0.25, 0.3) is 28.1 Å². The van der Waals surface area contributed by atoms with Crippen molar-refractivity contribution in [2.24, 2.45) is 5.73 Å². The van der Waals surface area contributed by atoms with Crippen LogP contribution in [0.2, 0.25) is 0 Å². The molecule has 37 heavy (non-hydrogen) atoms. The molecule has 0 bridgehead atoms. The van der Waals surface area contributed by atoms with Gasteiger partial charge in [-0.25, -0.2) is 19.4 Å². The van der Waals surface area contributed by atoms with Gasteiger partial charge >= 0.3 is 6.03 Å². The van der Waals surface area contributed by atoms with Gasteiger partial charge in [0.05, 0.1) is 30.0 Å². The first kappa shape index (κ1) is 23.0. The quantitative estimate of drug-likeness (QED) is 0.448. The van der Waals surface area contributed by atoms with Crippen LogP contribution in [0.1, 0.15) is 18.4 Å². The fourth-order valence-electron chi connectivity index (χ4n) is 5.21. The molecule has 6 heterocycles. The van der Waals surface area contributed by atoms with Gasteiger partial charge in [-0.3, -0.25) is 19.6 Å². The maximum Gasteiger partial charge on any atom is 0.324 e. The number of primary amides is 1. The first-order chi connectivity index (χ1) is 18.0. The molecule has 6 rings (SSSR count). The number of carbonyl (C=O) groups is 2. The Morgan fingerprint density at radius 3 is 2.65 bits per heavy atom. The van der Waals surface area contributed by atoms with Gasteiger partial charge in [0.2, 0.25) is 5.91 Å². The van der Waals surface area contributed by atoms with E-state index < -0.39 is 0 Å². The molecular formula is C26H27N9O2. The maximum atomic E-state index is 13.5. The number of likely N-dealkylation sites (tertiary alicyclic amines) is 1. The lowest BCUT2D eigenvalue weighted by Crippen LogP contribution is -2.54. The van der Waals surface area contributed by atoms with Crippen LogP contribution < -0.4 is 10.6 Å². The van der Waals surface area contributed by atoms with Crippen LogP contribution in [-0.2, 0) is 11.3 Å². The maximum absolute atomic E-state index is 13.5. The van der Waals surface area contributed by atoms with Crippen LogP contribution in [0.3, 0.4) is 0 Å². The molecule has 0 aromatic carbocycles. The van der Waals surface area contributed by atoms with E-state index >= 15 is 0 Å². The zero-order valence-electron chi connectivity index (χ0n) is 20.5. The van der Waals surface area contributed by atoms with Gasteiger partial charge in [0.1, 0.15) is 5.52 Å². The number of carbonyl (C=O) groups excluding carboxylic acids is 2. The highest BCUT2D eigenvalue weighted by Gasteiger charge is 2.37. The van der Waals surface area contributed by atoms with Crippen molar-refractivity contribution in [2.45, 2.75) is 25.4 Å². The Morgan fingerprint density at radius 2 is 1.95 bits per heavy atom. The molecule has 4 aromatic rings. The highest BCUT2D eigenvalue weighted by Crippen LogP contribution is 2.37. The number of aromatic nitrogens is 5. The third-order valence-corrected chi connectivity index (χ3v) is 7.03. The third-order valence-electron chi connectivity index (χ3n) is 7.03. The average Bonchev–Trinajstić information content (AvgIpc) is 3.45. The molecule has 11 nitrogen and oxygen atoms in total. The Bertz CT molecular complexity index is 1460. The summed E-state index contributed by atoms with van der Waals surface area (Å²) in [6.45, 7) is 2.11. The Kier molecular flexibility index (Phi) is 5.76. The second-order valence-corrected chi connectivity index (χ2v) is 9.53. The minimum absolute atomic E-state index is 0.01000. The van der Waals surface area contributed by atoms with E-state index in [2.05, 4.69) is 15.1 Å². The first-order valence-electron chi connectivity index (χ1n) is 12.3. The molecule has 0 atom stereocenters. The summed E-state index contributed by atoms with van der Waals surface area (Å²) in [7, 11) is 1.81. The Hall–Kier alpha value is -4.38. The van der Waals surface area contributed by atoms with E-state index in [9.17, 15) is 9.59 Å². The van der Waals surface area contributed by atoms with E-state index in [0.29, 0.717) is 25.2 Å². The highest BCUT2D eigenvalue weighted by atomic mass is 16.2. The third kappa shape index (κ3) is 4.27. The fourth-order valence-corrected chi connectivity index (χ4v) is 5.21. The lowest BCUT2D eigenvalue weighted by Gasteiger charge is -2.43. The molecule has 0 unspecified atom stereocenters. The number of hydrogen-bond acceptors (Lipinski definition) is 7. The van der Waals surface area contributed by atoms with Gasteiger partial charge < -0.3 is 10.6 Å². The summed E-state index contributed by atoms with van der Waals surface area (Å²) >= 11 is 0. The molecule has 1 saturated heterocycles. The molecule has 2 aliphatic heterocycles. The minimum Gasteiger partial charge on any atom is -0.369 e. The molecule has 2 aliphatic rings. The number of nitrogens with two attached hydrogens (primary N) is 1. The molecular weight excluding hydrogens is 470 g/mol. The summed E-state index contributed by atoms with van der Waals surface area (Å²) in [5.74, 6) is 0.384. The molecule has 0 aliphatic carbocycles. The van der Waals surface area contributed by atoms with Crippen molar-refractivity contribution >= 4 is 28.7 Å². The molecule has 0 saturated carbocycles. The molecule has 188 valence electrons. The number of amides is 3. The SMILES string of the molecule is CN1Cc2cnc3ccc(-c4ccc(-n5cccn5)nc4)nc3c2N(C2CCN(CC(N)=O)CC2)C1=O.